The fourth-order valence-corrected chi connectivity index (χ4v) is 2.46. The van der Waals surface area contributed by atoms with Gasteiger partial charge in [0.25, 0.3) is 0 Å². The molecule has 0 fully saturated rings. The molecule has 1 aromatic carbocycles. The Morgan fingerprint density at radius 1 is 1.30 bits per heavy atom. The second-order valence-corrected chi connectivity index (χ2v) is 5.97. The first-order valence-corrected chi connectivity index (χ1v) is 7.82. The lowest BCUT2D eigenvalue weighted by Gasteiger charge is -2.20. The topological polar surface area (TPSA) is 24.5 Å². The SMILES string of the molecule is CC(C)N(C)CCCNCCc1ccc2c(c1)CCO2. The van der Waals surface area contributed by atoms with Gasteiger partial charge in [0.1, 0.15) is 5.75 Å². The predicted octanol–water partition coefficient (Wildman–Crippen LogP) is 2.48. The Labute approximate surface area is 123 Å². The Bertz CT molecular complexity index is 417. The molecule has 0 atom stereocenters. The van der Waals surface area contributed by atoms with E-state index in [4.69, 9.17) is 4.74 Å². The molecule has 0 amide bonds. The number of ether oxygens (including phenoxy) is 1. The van der Waals surface area contributed by atoms with E-state index in [-0.39, 0.29) is 0 Å². The lowest BCUT2D eigenvalue weighted by molar-refractivity contribution is 0.269. The van der Waals surface area contributed by atoms with Crippen molar-refractivity contribution in [3.63, 3.8) is 0 Å². The van der Waals surface area contributed by atoms with Crippen LogP contribution in [0.15, 0.2) is 18.2 Å². The summed E-state index contributed by atoms with van der Waals surface area (Å²) in [6, 6.07) is 7.26. The zero-order valence-electron chi connectivity index (χ0n) is 13.1. The lowest BCUT2D eigenvalue weighted by Crippen LogP contribution is -2.30. The Morgan fingerprint density at radius 3 is 2.95 bits per heavy atom. The first kappa shape index (κ1) is 15.3. The van der Waals surface area contributed by atoms with Crippen molar-refractivity contribution in [1.82, 2.24) is 10.2 Å². The molecule has 0 aromatic heterocycles. The summed E-state index contributed by atoms with van der Waals surface area (Å²) in [4.78, 5) is 2.39. The lowest BCUT2D eigenvalue weighted by atomic mass is 10.1. The summed E-state index contributed by atoms with van der Waals surface area (Å²) in [5, 5.41) is 3.54. The van der Waals surface area contributed by atoms with Crippen LogP contribution in [0, 0.1) is 0 Å². The number of hydrogen-bond acceptors (Lipinski definition) is 3. The molecule has 0 spiro atoms. The van der Waals surface area contributed by atoms with Crippen molar-refractivity contribution in [3.05, 3.63) is 29.3 Å². The van der Waals surface area contributed by atoms with Gasteiger partial charge in [0, 0.05) is 12.5 Å². The van der Waals surface area contributed by atoms with Crippen LogP contribution >= 0.6 is 0 Å². The Balaban J connectivity index is 1.59. The molecule has 3 nitrogen and oxygen atoms in total. The van der Waals surface area contributed by atoms with Crippen LogP contribution in [-0.2, 0) is 12.8 Å². The van der Waals surface area contributed by atoms with Crippen LogP contribution in [0.25, 0.3) is 0 Å². The minimum absolute atomic E-state index is 0.642. The molecule has 0 saturated carbocycles. The smallest absolute Gasteiger partial charge is 0.122 e. The molecule has 1 aliphatic rings. The van der Waals surface area contributed by atoms with Crippen LogP contribution in [0.2, 0.25) is 0 Å². The molecule has 0 aliphatic carbocycles. The molecule has 1 aliphatic heterocycles. The monoisotopic (exact) mass is 276 g/mol. The largest absolute Gasteiger partial charge is 0.493 e. The molecule has 0 radical (unpaired) electrons. The Hall–Kier alpha value is -1.06. The van der Waals surface area contributed by atoms with Gasteiger partial charge in [0.2, 0.25) is 0 Å². The second kappa shape index (κ2) is 7.65. The molecule has 0 saturated heterocycles. The second-order valence-electron chi connectivity index (χ2n) is 5.97. The van der Waals surface area contributed by atoms with Gasteiger partial charge in [-0.15, -0.1) is 0 Å². The van der Waals surface area contributed by atoms with E-state index < -0.39 is 0 Å². The van der Waals surface area contributed by atoms with Crippen molar-refractivity contribution < 1.29 is 4.74 Å². The molecular formula is C17H28N2O. The number of benzene rings is 1. The minimum atomic E-state index is 0.642. The van der Waals surface area contributed by atoms with Crippen molar-refractivity contribution in [2.45, 2.75) is 39.2 Å². The molecule has 0 bridgehead atoms. The molecule has 112 valence electrons. The van der Waals surface area contributed by atoms with E-state index in [1.807, 2.05) is 0 Å². The number of hydrogen-bond donors (Lipinski definition) is 1. The van der Waals surface area contributed by atoms with Crippen LogP contribution in [0.5, 0.6) is 5.75 Å². The van der Waals surface area contributed by atoms with Gasteiger partial charge in [-0.1, -0.05) is 12.1 Å². The molecule has 1 aromatic rings. The average molecular weight is 276 g/mol. The van der Waals surface area contributed by atoms with E-state index >= 15 is 0 Å². The van der Waals surface area contributed by atoms with E-state index in [1.54, 1.807) is 0 Å². The van der Waals surface area contributed by atoms with Crippen LogP contribution in [-0.4, -0.2) is 44.2 Å². The molecule has 1 heterocycles. The molecule has 0 unspecified atom stereocenters. The third-order valence-electron chi connectivity index (χ3n) is 4.09. The van der Waals surface area contributed by atoms with Gasteiger partial charge in [0.05, 0.1) is 6.61 Å². The number of nitrogens with one attached hydrogen (secondary N) is 1. The van der Waals surface area contributed by atoms with Gasteiger partial charge in [-0.25, -0.2) is 0 Å². The Kier molecular flexibility index (Phi) is 5.86. The van der Waals surface area contributed by atoms with Crippen LogP contribution in [0.1, 0.15) is 31.4 Å². The summed E-state index contributed by atoms with van der Waals surface area (Å²) in [7, 11) is 2.19. The van der Waals surface area contributed by atoms with Gasteiger partial charge >= 0.3 is 0 Å². The highest BCUT2D eigenvalue weighted by molar-refractivity contribution is 5.39. The highest BCUT2D eigenvalue weighted by atomic mass is 16.5. The van der Waals surface area contributed by atoms with Gasteiger partial charge in [-0.3, -0.25) is 0 Å². The third-order valence-corrected chi connectivity index (χ3v) is 4.09. The average Bonchev–Trinajstić information content (AvgIpc) is 2.89. The van der Waals surface area contributed by atoms with Crippen molar-refractivity contribution in [1.29, 1.82) is 0 Å². The molecule has 20 heavy (non-hydrogen) atoms. The van der Waals surface area contributed by atoms with E-state index in [0.717, 1.165) is 38.3 Å². The summed E-state index contributed by atoms with van der Waals surface area (Å²) >= 11 is 0. The summed E-state index contributed by atoms with van der Waals surface area (Å²) < 4.78 is 5.53. The molecule has 2 rings (SSSR count). The zero-order chi connectivity index (χ0) is 14.4. The summed E-state index contributed by atoms with van der Waals surface area (Å²) in [6.45, 7) is 8.66. The molecular weight excluding hydrogens is 248 g/mol. The Morgan fingerprint density at radius 2 is 2.15 bits per heavy atom. The van der Waals surface area contributed by atoms with Gasteiger partial charge in [-0.2, -0.15) is 0 Å². The van der Waals surface area contributed by atoms with Gasteiger partial charge < -0.3 is 15.0 Å². The third kappa shape index (κ3) is 4.50. The number of fused-ring (bicyclic) bond motifs is 1. The van der Waals surface area contributed by atoms with E-state index in [0.29, 0.717) is 6.04 Å². The first-order valence-electron chi connectivity index (χ1n) is 7.82. The maximum atomic E-state index is 5.53. The number of nitrogens with zero attached hydrogens (tertiary/aromatic N) is 1. The van der Waals surface area contributed by atoms with Crippen LogP contribution < -0.4 is 10.1 Å². The quantitative estimate of drug-likeness (QED) is 0.738. The first-order chi connectivity index (χ1) is 9.66. The van der Waals surface area contributed by atoms with E-state index in [2.05, 4.69) is 49.3 Å². The van der Waals surface area contributed by atoms with E-state index in [9.17, 15) is 0 Å². The van der Waals surface area contributed by atoms with Crippen molar-refractivity contribution in [2.24, 2.45) is 0 Å². The van der Waals surface area contributed by atoms with Crippen molar-refractivity contribution >= 4 is 0 Å². The molecule has 3 heteroatoms. The fourth-order valence-electron chi connectivity index (χ4n) is 2.46. The summed E-state index contributed by atoms with van der Waals surface area (Å²) in [5.74, 6) is 1.08. The zero-order valence-corrected chi connectivity index (χ0v) is 13.1. The van der Waals surface area contributed by atoms with Gasteiger partial charge in [0.15, 0.2) is 0 Å². The van der Waals surface area contributed by atoms with Crippen LogP contribution in [0.3, 0.4) is 0 Å². The predicted molar refractivity (Wildman–Crippen MR) is 84.6 cm³/mol. The van der Waals surface area contributed by atoms with Gasteiger partial charge in [-0.05, 0) is 70.6 Å². The maximum absolute atomic E-state index is 5.53. The van der Waals surface area contributed by atoms with E-state index in [1.165, 1.54) is 24.1 Å². The highest BCUT2D eigenvalue weighted by Gasteiger charge is 2.11. The van der Waals surface area contributed by atoms with Crippen LogP contribution in [0.4, 0.5) is 0 Å². The summed E-state index contributed by atoms with van der Waals surface area (Å²) in [6.07, 6.45) is 3.39. The standard InChI is InChI=1S/C17H28N2O/c1-14(2)19(3)11-4-9-18-10-7-15-5-6-17-16(13-15)8-12-20-17/h5-6,13-14,18H,4,7-12H2,1-3H3. The minimum Gasteiger partial charge on any atom is -0.493 e. The van der Waals surface area contributed by atoms with Crippen molar-refractivity contribution in [2.75, 3.05) is 33.3 Å². The number of rotatable bonds is 8. The normalized spacial score (nSPS) is 13.8. The highest BCUT2D eigenvalue weighted by Crippen LogP contribution is 2.25. The van der Waals surface area contributed by atoms with Crippen molar-refractivity contribution in [3.8, 4) is 5.75 Å². The maximum Gasteiger partial charge on any atom is 0.122 e. The molecule has 1 N–H and O–H groups in total. The fraction of sp³-hybridized carbons (Fsp3) is 0.647. The summed E-state index contributed by atoms with van der Waals surface area (Å²) in [5.41, 5.74) is 2.79.